The fraction of sp³-hybridized carbons (Fsp3) is 0.409. The first kappa shape index (κ1) is 21.3. The molecule has 0 aromatic heterocycles. The Morgan fingerprint density at radius 1 is 1.28 bits per heavy atom. The van der Waals surface area contributed by atoms with Gasteiger partial charge >= 0.3 is 0 Å². The summed E-state index contributed by atoms with van der Waals surface area (Å²) >= 11 is 0. The lowest BCUT2D eigenvalue weighted by Crippen LogP contribution is -2.32. The molecule has 6 nitrogen and oxygen atoms in total. The number of aliphatic hydroxyl groups is 1. The van der Waals surface area contributed by atoms with Crippen molar-refractivity contribution in [1.82, 2.24) is 4.90 Å². The highest BCUT2D eigenvalue weighted by Crippen LogP contribution is 2.27. The van der Waals surface area contributed by atoms with E-state index in [4.69, 9.17) is 10.00 Å². The molecule has 1 heterocycles. The van der Waals surface area contributed by atoms with E-state index < -0.39 is 15.9 Å². The van der Waals surface area contributed by atoms with Crippen LogP contribution in [0.3, 0.4) is 0 Å². The van der Waals surface area contributed by atoms with Crippen molar-refractivity contribution in [3.8, 4) is 11.8 Å². The van der Waals surface area contributed by atoms with Gasteiger partial charge < -0.3 is 9.84 Å². The number of benzene rings is 2. The Morgan fingerprint density at radius 3 is 2.66 bits per heavy atom. The summed E-state index contributed by atoms with van der Waals surface area (Å²) in [5.74, 6) is 0.981. The minimum Gasteiger partial charge on any atom is -0.493 e. The van der Waals surface area contributed by atoms with Crippen LogP contribution in [-0.4, -0.2) is 50.4 Å². The molecule has 29 heavy (non-hydrogen) atoms. The predicted molar refractivity (Wildman–Crippen MR) is 110 cm³/mol. The maximum absolute atomic E-state index is 11.5. The second-order valence-electron chi connectivity index (χ2n) is 7.71. The van der Waals surface area contributed by atoms with Crippen LogP contribution in [0.25, 0.3) is 0 Å². The number of nitrogens with zero attached hydrogens (tertiary/aromatic N) is 2. The number of nitriles is 1. The van der Waals surface area contributed by atoms with E-state index in [1.54, 1.807) is 42.5 Å². The molecule has 0 saturated carbocycles. The fourth-order valence-electron chi connectivity index (χ4n) is 3.73. The molecule has 3 rings (SSSR count). The number of β-amino-alcohol motifs (C(OH)–C–C–N with tert-alkyl or cyclic N) is 1. The molecule has 1 aliphatic heterocycles. The first-order valence-corrected chi connectivity index (χ1v) is 11.5. The standard InChI is InChI=1S/C22H26N2O4S/c1-16-10-18(15-28-20-6-8-21(9-7-20)29(2,26)27)13-24(16)14-22(25)19-5-3-4-17(11-19)12-23/h3-9,11,16,18,22,25H,10,13-15H2,1-2H3/t16-,18+,22+/m1/s1. The number of ether oxygens (including phenoxy) is 1. The van der Waals surface area contributed by atoms with Crippen molar-refractivity contribution >= 4 is 9.84 Å². The van der Waals surface area contributed by atoms with Crippen LogP contribution in [-0.2, 0) is 9.84 Å². The monoisotopic (exact) mass is 414 g/mol. The van der Waals surface area contributed by atoms with Crippen LogP contribution in [0.4, 0.5) is 0 Å². The van der Waals surface area contributed by atoms with Gasteiger partial charge in [0.2, 0.25) is 0 Å². The largest absolute Gasteiger partial charge is 0.493 e. The molecule has 3 atom stereocenters. The molecule has 1 saturated heterocycles. The van der Waals surface area contributed by atoms with Crippen molar-refractivity contribution in [2.45, 2.75) is 30.4 Å². The summed E-state index contributed by atoms with van der Waals surface area (Å²) in [6.45, 7) is 4.01. The summed E-state index contributed by atoms with van der Waals surface area (Å²) in [6, 6.07) is 16.0. The highest BCUT2D eigenvalue weighted by molar-refractivity contribution is 7.90. The van der Waals surface area contributed by atoms with E-state index in [0.717, 1.165) is 18.5 Å². The van der Waals surface area contributed by atoms with Crippen molar-refractivity contribution in [2.75, 3.05) is 26.0 Å². The summed E-state index contributed by atoms with van der Waals surface area (Å²) in [6.07, 6.45) is 1.50. The molecule has 2 aromatic rings. The van der Waals surface area contributed by atoms with E-state index in [1.807, 2.05) is 6.07 Å². The summed E-state index contributed by atoms with van der Waals surface area (Å²) in [5, 5.41) is 19.6. The van der Waals surface area contributed by atoms with Gasteiger partial charge in [-0.05, 0) is 55.3 Å². The number of hydrogen-bond acceptors (Lipinski definition) is 6. The average molecular weight is 415 g/mol. The van der Waals surface area contributed by atoms with E-state index in [2.05, 4.69) is 17.9 Å². The summed E-state index contributed by atoms with van der Waals surface area (Å²) < 4.78 is 28.9. The zero-order valence-corrected chi connectivity index (χ0v) is 17.5. The molecule has 0 unspecified atom stereocenters. The van der Waals surface area contributed by atoms with E-state index in [9.17, 15) is 13.5 Å². The first-order valence-electron chi connectivity index (χ1n) is 9.61. The molecule has 0 aliphatic carbocycles. The zero-order chi connectivity index (χ0) is 21.0. The van der Waals surface area contributed by atoms with Crippen molar-refractivity contribution in [1.29, 1.82) is 5.26 Å². The van der Waals surface area contributed by atoms with Crippen LogP contribution >= 0.6 is 0 Å². The van der Waals surface area contributed by atoms with Gasteiger partial charge in [0.1, 0.15) is 5.75 Å². The van der Waals surface area contributed by atoms with Crippen molar-refractivity contribution in [3.05, 3.63) is 59.7 Å². The lowest BCUT2D eigenvalue weighted by molar-refractivity contribution is 0.107. The Kier molecular flexibility index (Phi) is 6.58. The molecule has 0 radical (unpaired) electrons. The van der Waals surface area contributed by atoms with Gasteiger partial charge in [0.15, 0.2) is 9.84 Å². The topological polar surface area (TPSA) is 90.6 Å². The van der Waals surface area contributed by atoms with E-state index in [1.165, 1.54) is 6.26 Å². The smallest absolute Gasteiger partial charge is 0.175 e. The molecule has 1 fully saturated rings. The minimum atomic E-state index is -3.21. The van der Waals surface area contributed by atoms with Gasteiger partial charge in [-0.3, -0.25) is 4.90 Å². The molecule has 0 spiro atoms. The molecule has 154 valence electrons. The lowest BCUT2D eigenvalue weighted by Gasteiger charge is -2.24. The zero-order valence-electron chi connectivity index (χ0n) is 16.7. The predicted octanol–water partition coefficient (Wildman–Crippen LogP) is 2.78. The van der Waals surface area contributed by atoms with Gasteiger partial charge in [-0.2, -0.15) is 5.26 Å². The third-order valence-electron chi connectivity index (χ3n) is 5.34. The van der Waals surface area contributed by atoms with Crippen LogP contribution in [0.1, 0.15) is 30.6 Å². The van der Waals surface area contributed by atoms with E-state index in [0.29, 0.717) is 36.4 Å². The molecule has 0 bridgehead atoms. The average Bonchev–Trinajstić information content (AvgIpc) is 3.05. The Balaban J connectivity index is 1.53. The van der Waals surface area contributed by atoms with Gasteiger partial charge in [0, 0.05) is 31.3 Å². The van der Waals surface area contributed by atoms with Gasteiger partial charge in [-0.25, -0.2) is 8.42 Å². The number of aliphatic hydroxyl groups excluding tert-OH is 1. The van der Waals surface area contributed by atoms with Crippen molar-refractivity contribution < 1.29 is 18.3 Å². The molecule has 7 heteroatoms. The number of rotatable bonds is 7. The highest BCUT2D eigenvalue weighted by Gasteiger charge is 2.31. The second-order valence-corrected chi connectivity index (χ2v) is 9.73. The molecular weight excluding hydrogens is 388 g/mol. The number of likely N-dealkylation sites (tertiary alicyclic amines) is 1. The van der Waals surface area contributed by atoms with Crippen LogP contribution in [0, 0.1) is 17.2 Å². The summed E-state index contributed by atoms with van der Waals surface area (Å²) in [7, 11) is -3.21. The van der Waals surface area contributed by atoms with Crippen molar-refractivity contribution in [3.63, 3.8) is 0 Å². The van der Waals surface area contributed by atoms with Gasteiger partial charge in [0.25, 0.3) is 0 Å². The van der Waals surface area contributed by atoms with E-state index >= 15 is 0 Å². The second kappa shape index (κ2) is 8.95. The normalized spacial score (nSPS) is 20.9. The van der Waals surface area contributed by atoms with Crippen LogP contribution < -0.4 is 4.74 Å². The SMILES string of the molecule is C[C@@H]1C[C@H](COc2ccc(S(C)(=O)=O)cc2)CN1C[C@H](O)c1cccc(C#N)c1. The Labute approximate surface area is 172 Å². The summed E-state index contributed by atoms with van der Waals surface area (Å²) in [4.78, 5) is 2.52. The van der Waals surface area contributed by atoms with Gasteiger partial charge in [-0.1, -0.05) is 12.1 Å². The van der Waals surface area contributed by atoms with Crippen LogP contribution in [0.15, 0.2) is 53.4 Å². The van der Waals surface area contributed by atoms with Crippen LogP contribution in [0.5, 0.6) is 5.75 Å². The molecule has 0 amide bonds. The number of hydrogen-bond donors (Lipinski definition) is 1. The maximum atomic E-state index is 11.5. The molecule has 1 aliphatic rings. The molecule has 2 aromatic carbocycles. The Bertz CT molecular complexity index is 983. The minimum absolute atomic E-state index is 0.278. The lowest BCUT2D eigenvalue weighted by atomic mass is 10.1. The Morgan fingerprint density at radius 2 is 2.00 bits per heavy atom. The van der Waals surface area contributed by atoms with Crippen LogP contribution in [0.2, 0.25) is 0 Å². The summed E-state index contributed by atoms with van der Waals surface area (Å²) in [5.41, 5.74) is 1.30. The third kappa shape index (κ3) is 5.57. The number of sulfone groups is 1. The Hall–Kier alpha value is -2.40. The fourth-order valence-corrected chi connectivity index (χ4v) is 4.36. The first-order chi connectivity index (χ1) is 13.8. The highest BCUT2D eigenvalue weighted by atomic mass is 32.2. The van der Waals surface area contributed by atoms with Gasteiger partial charge in [-0.15, -0.1) is 0 Å². The molecule has 1 N–H and O–H groups in total. The van der Waals surface area contributed by atoms with Gasteiger partial charge in [0.05, 0.1) is 29.2 Å². The quantitative estimate of drug-likeness (QED) is 0.749. The maximum Gasteiger partial charge on any atom is 0.175 e. The third-order valence-corrected chi connectivity index (χ3v) is 6.46. The van der Waals surface area contributed by atoms with Crippen molar-refractivity contribution in [2.24, 2.45) is 5.92 Å². The van der Waals surface area contributed by atoms with E-state index in [-0.39, 0.29) is 4.90 Å². The molecular formula is C22H26N2O4S.